The van der Waals surface area contributed by atoms with Crippen molar-refractivity contribution in [1.82, 2.24) is 0 Å². The Morgan fingerprint density at radius 2 is 1.96 bits per heavy atom. The van der Waals surface area contributed by atoms with Crippen molar-refractivity contribution < 1.29 is 13.9 Å². The lowest BCUT2D eigenvalue weighted by atomic mass is 9.70. The second-order valence-electron chi connectivity index (χ2n) is 8.14. The lowest BCUT2D eigenvalue weighted by Gasteiger charge is -2.38. The van der Waals surface area contributed by atoms with E-state index in [1.807, 2.05) is 6.92 Å². The van der Waals surface area contributed by atoms with Gasteiger partial charge in [-0.3, -0.25) is 0 Å². The number of nitrogens with zero attached hydrogens (tertiary/aromatic N) is 1. The fourth-order valence-corrected chi connectivity index (χ4v) is 4.53. The van der Waals surface area contributed by atoms with E-state index >= 15 is 4.39 Å². The summed E-state index contributed by atoms with van der Waals surface area (Å²) < 4.78 is 20.7. The number of benzene rings is 1. The molecule has 1 unspecified atom stereocenters. The van der Waals surface area contributed by atoms with Gasteiger partial charge in [-0.05, 0) is 37.5 Å². The summed E-state index contributed by atoms with van der Waals surface area (Å²) in [5.74, 6) is -0.598. The van der Waals surface area contributed by atoms with Gasteiger partial charge in [0.05, 0.1) is 0 Å². The van der Waals surface area contributed by atoms with Gasteiger partial charge >= 0.3 is 11.6 Å². The molecule has 0 saturated heterocycles. The Morgan fingerprint density at radius 3 is 2.42 bits per heavy atom. The number of halogens is 1. The summed E-state index contributed by atoms with van der Waals surface area (Å²) in [6, 6.07) is 7.86. The molecule has 2 aliphatic rings. The zero-order chi connectivity index (χ0) is 17.8. The van der Waals surface area contributed by atoms with E-state index in [1.54, 1.807) is 12.1 Å². The molecule has 2 fully saturated rings. The first-order chi connectivity index (χ1) is 11.1. The number of rotatable bonds is 3. The van der Waals surface area contributed by atoms with Gasteiger partial charge in [-0.1, -0.05) is 50.6 Å². The van der Waals surface area contributed by atoms with Crippen LogP contribution < -0.4 is 0 Å². The maximum atomic E-state index is 15.2. The van der Waals surface area contributed by atoms with Gasteiger partial charge in [0.25, 0.3) is 0 Å². The second kappa shape index (κ2) is 5.31. The summed E-state index contributed by atoms with van der Waals surface area (Å²) in [6.45, 7) is 8.39. The Hall–Kier alpha value is -1.89. The van der Waals surface area contributed by atoms with Crippen molar-refractivity contribution in [3.05, 3.63) is 35.4 Å². The molecule has 0 aliphatic heterocycles. The lowest BCUT2D eigenvalue weighted by molar-refractivity contribution is -0.168. The third kappa shape index (κ3) is 2.17. The predicted octanol–water partition coefficient (Wildman–Crippen LogP) is 4.44. The number of aryl methyl sites for hydroxylation is 1. The number of ether oxygens (including phenoxy) is 1. The Labute approximate surface area is 142 Å². The van der Waals surface area contributed by atoms with Crippen LogP contribution in [0.5, 0.6) is 0 Å². The summed E-state index contributed by atoms with van der Waals surface area (Å²) in [6.07, 6.45) is 2.52. The number of fused-ring (bicyclic) bond motifs is 2. The van der Waals surface area contributed by atoms with Crippen LogP contribution in [0, 0.1) is 35.0 Å². The van der Waals surface area contributed by atoms with Crippen LogP contribution >= 0.6 is 0 Å². The maximum Gasteiger partial charge on any atom is 0.364 e. The average Bonchev–Trinajstić information content (AvgIpc) is 2.88. The molecule has 0 aromatic heterocycles. The number of hydrogen-bond acceptors (Lipinski definition) is 3. The van der Waals surface area contributed by atoms with Crippen molar-refractivity contribution in [3.63, 3.8) is 0 Å². The van der Waals surface area contributed by atoms with Crippen molar-refractivity contribution >= 4 is 5.97 Å². The first kappa shape index (κ1) is 17.0. The molecule has 128 valence electrons. The van der Waals surface area contributed by atoms with Gasteiger partial charge < -0.3 is 4.74 Å². The van der Waals surface area contributed by atoms with Crippen molar-refractivity contribution in [2.75, 3.05) is 0 Å². The number of carbonyl (C=O) groups is 1. The molecule has 0 heterocycles. The SMILES string of the molecule is Cc1ccc(C(F)(C#N)C(=O)O[C@@H]2C[C@@H]3CC[C@@]2(C)C3(C)C)cc1. The zero-order valence-electron chi connectivity index (χ0n) is 14.7. The Bertz CT molecular complexity index is 705. The Balaban J connectivity index is 1.84. The molecule has 4 heteroatoms. The quantitative estimate of drug-likeness (QED) is 0.770. The molecular formula is C20H24FNO2. The third-order valence-electron chi connectivity index (χ3n) is 6.85. The summed E-state index contributed by atoms with van der Waals surface area (Å²) in [5.41, 5.74) is -1.87. The zero-order valence-corrected chi connectivity index (χ0v) is 14.7. The van der Waals surface area contributed by atoms with E-state index in [0.29, 0.717) is 5.92 Å². The van der Waals surface area contributed by atoms with Gasteiger partial charge in [0.1, 0.15) is 12.2 Å². The molecule has 3 nitrogen and oxygen atoms in total. The smallest absolute Gasteiger partial charge is 0.364 e. The van der Waals surface area contributed by atoms with Gasteiger partial charge in [0.2, 0.25) is 0 Å². The first-order valence-electron chi connectivity index (χ1n) is 8.53. The van der Waals surface area contributed by atoms with Gasteiger partial charge in [0.15, 0.2) is 0 Å². The fourth-order valence-electron chi connectivity index (χ4n) is 4.53. The maximum absolute atomic E-state index is 15.2. The summed E-state index contributed by atoms with van der Waals surface area (Å²) in [5, 5.41) is 9.33. The molecule has 0 radical (unpaired) electrons. The van der Waals surface area contributed by atoms with Crippen LogP contribution in [-0.4, -0.2) is 12.1 Å². The van der Waals surface area contributed by atoms with E-state index < -0.39 is 11.6 Å². The highest BCUT2D eigenvalue weighted by Gasteiger charge is 2.63. The van der Waals surface area contributed by atoms with Gasteiger partial charge in [-0.2, -0.15) is 5.26 Å². The fraction of sp³-hybridized carbons (Fsp3) is 0.600. The molecule has 1 aromatic rings. The molecule has 0 N–H and O–H groups in total. The lowest BCUT2D eigenvalue weighted by Crippen LogP contribution is -2.42. The van der Waals surface area contributed by atoms with Crippen LogP contribution in [0.2, 0.25) is 0 Å². The van der Waals surface area contributed by atoms with Gasteiger partial charge in [-0.25, -0.2) is 9.18 Å². The van der Waals surface area contributed by atoms with E-state index in [4.69, 9.17) is 4.74 Å². The first-order valence-corrected chi connectivity index (χ1v) is 8.53. The van der Waals surface area contributed by atoms with Crippen LogP contribution in [0.4, 0.5) is 4.39 Å². The number of carbonyl (C=O) groups excluding carboxylic acids is 1. The monoisotopic (exact) mass is 329 g/mol. The minimum atomic E-state index is -2.75. The van der Waals surface area contributed by atoms with E-state index in [9.17, 15) is 10.1 Å². The molecule has 2 bridgehead atoms. The largest absolute Gasteiger partial charge is 0.458 e. The molecule has 1 aromatic carbocycles. The Morgan fingerprint density at radius 1 is 1.33 bits per heavy atom. The molecular weight excluding hydrogens is 305 g/mol. The number of esters is 1. The van der Waals surface area contributed by atoms with Gasteiger partial charge in [0, 0.05) is 11.0 Å². The van der Waals surface area contributed by atoms with Crippen molar-refractivity contribution in [2.45, 2.75) is 58.7 Å². The molecule has 4 atom stereocenters. The summed E-state index contributed by atoms with van der Waals surface area (Å²) in [4.78, 5) is 12.5. The van der Waals surface area contributed by atoms with Crippen LogP contribution in [0.3, 0.4) is 0 Å². The number of hydrogen-bond donors (Lipinski definition) is 0. The average molecular weight is 329 g/mol. The van der Waals surface area contributed by atoms with E-state index in [0.717, 1.165) is 24.8 Å². The Kier molecular flexibility index (Phi) is 3.75. The highest BCUT2D eigenvalue weighted by atomic mass is 19.1. The minimum Gasteiger partial charge on any atom is -0.458 e. The van der Waals surface area contributed by atoms with Crippen molar-refractivity contribution in [2.24, 2.45) is 16.7 Å². The predicted molar refractivity (Wildman–Crippen MR) is 88.7 cm³/mol. The summed E-state index contributed by atoms with van der Waals surface area (Å²) >= 11 is 0. The normalized spacial score (nSPS) is 32.8. The number of alkyl halides is 1. The topological polar surface area (TPSA) is 50.1 Å². The minimum absolute atomic E-state index is 0.0353. The summed E-state index contributed by atoms with van der Waals surface area (Å²) in [7, 11) is 0. The molecule has 2 aliphatic carbocycles. The van der Waals surface area contributed by atoms with E-state index in [1.165, 1.54) is 18.2 Å². The highest BCUT2D eigenvalue weighted by molar-refractivity contribution is 5.85. The van der Waals surface area contributed by atoms with E-state index in [-0.39, 0.29) is 22.5 Å². The van der Waals surface area contributed by atoms with Crippen molar-refractivity contribution in [1.29, 1.82) is 5.26 Å². The second-order valence-corrected chi connectivity index (χ2v) is 8.14. The van der Waals surface area contributed by atoms with Crippen LogP contribution in [0.15, 0.2) is 24.3 Å². The third-order valence-corrected chi connectivity index (χ3v) is 6.85. The molecule has 24 heavy (non-hydrogen) atoms. The molecule has 3 rings (SSSR count). The highest BCUT2D eigenvalue weighted by Crippen LogP contribution is 2.66. The van der Waals surface area contributed by atoms with Crippen LogP contribution in [0.25, 0.3) is 0 Å². The standard InChI is InChI=1S/C20H24FNO2/c1-13-5-7-14(8-6-13)20(21,12-22)17(23)24-16-11-15-9-10-19(16,4)18(15,2)3/h5-8,15-16H,9-11H2,1-4H3/t15-,16+,19+,20?/m0/s1. The molecule has 0 amide bonds. The van der Waals surface area contributed by atoms with Gasteiger partial charge in [-0.15, -0.1) is 0 Å². The van der Waals surface area contributed by atoms with Crippen LogP contribution in [0.1, 0.15) is 51.2 Å². The van der Waals surface area contributed by atoms with Crippen LogP contribution in [-0.2, 0) is 15.2 Å². The molecule has 2 saturated carbocycles. The van der Waals surface area contributed by atoms with E-state index in [2.05, 4.69) is 20.8 Å². The number of nitriles is 1. The van der Waals surface area contributed by atoms with Crippen molar-refractivity contribution in [3.8, 4) is 6.07 Å². The molecule has 0 spiro atoms.